The van der Waals surface area contributed by atoms with Gasteiger partial charge in [-0.3, -0.25) is 0 Å². The Morgan fingerprint density at radius 1 is 0.388 bits per heavy atom. The van der Waals surface area contributed by atoms with E-state index in [-0.39, 0.29) is 6.61 Å². The molecule has 21 heteroatoms. The average Bonchev–Trinajstić information content (AvgIpc) is 3.07. The van der Waals surface area contributed by atoms with Gasteiger partial charge >= 0.3 is 0 Å². The van der Waals surface area contributed by atoms with Crippen molar-refractivity contribution in [3.05, 3.63) is 0 Å². The Hall–Kier alpha value is -0.840. The number of methoxy groups -OCH3 is 1. The molecule has 0 saturated carbocycles. The second-order valence-electron chi connectivity index (χ2n) is 12.8. The summed E-state index contributed by atoms with van der Waals surface area (Å²) in [6.45, 7) is 1.66. The minimum absolute atomic E-state index is 0.271. The molecule has 49 heavy (non-hydrogen) atoms. The molecule has 0 aromatic rings. The first-order valence-corrected chi connectivity index (χ1v) is 15.9. The third-order valence-corrected chi connectivity index (χ3v) is 9.27. The van der Waals surface area contributed by atoms with E-state index in [0.717, 1.165) is 0 Å². The van der Waals surface area contributed by atoms with E-state index in [2.05, 4.69) is 0 Å². The Morgan fingerprint density at radius 3 is 1.49 bits per heavy atom. The van der Waals surface area contributed by atoms with Crippen LogP contribution in [-0.2, 0) is 47.4 Å². The van der Waals surface area contributed by atoms with Gasteiger partial charge in [-0.15, -0.1) is 0 Å². The predicted molar refractivity (Wildman–Crippen MR) is 150 cm³/mol. The number of rotatable bonds is 9. The molecule has 22 atom stereocenters. The molecule has 0 amide bonds. The van der Waals surface area contributed by atoms with Crippen LogP contribution in [0.1, 0.15) is 13.8 Å². The molecular formula is C28H48O21. The van der Waals surface area contributed by atoms with E-state index in [1.54, 1.807) is 0 Å². The summed E-state index contributed by atoms with van der Waals surface area (Å²) in [5.74, 6) is 0. The molecular weight excluding hydrogens is 672 g/mol. The third kappa shape index (κ3) is 8.22. The molecule has 21 nitrogen and oxygen atoms in total. The third-order valence-electron chi connectivity index (χ3n) is 9.27. The van der Waals surface area contributed by atoms with E-state index in [0.29, 0.717) is 0 Å². The summed E-state index contributed by atoms with van der Waals surface area (Å²) < 4.78 is 56.1. The van der Waals surface area contributed by atoms with Gasteiger partial charge in [0, 0.05) is 7.11 Å². The first-order chi connectivity index (χ1) is 23.1. The van der Waals surface area contributed by atoms with Crippen LogP contribution < -0.4 is 0 Å². The van der Waals surface area contributed by atoms with Gasteiger partial charge in [0.05, 0.1) is 32.0 Å². The summed E-state index contributed by atoms with van der Waals surface area (Å²) in [6, 6.07) is 0. The van der Waals surface area contributed by atoms with Crippen molar-refractivity contribution in [1.29, 1.82) is 0 Å². The van der Waals surface area contributed by atoms with Crippen LogP contribution in [-0.4, -0.2) is 218 Å². The fraction of sp³-hybridized carbons (Fsp3) is 1.00. The molecule has 0 spiro atoms. The van der Waals surface area contributed by atoms with Crippen LogP contribution >= 0.6 is 0 Å². The molecule has 5 rings (SSSR count). The zero-order chi connectivity index (χ0) is 35.9. The summed E-state index contributed by atoms with van der Waals surface area (Å²) in [7, 11) is 1.26. The molecule has 5 fully saturated rings. The maximum atomic E-state index is 11.5. The van der Waals surface area contributed by atoms with Gasteiger partial charge in [-0.05, 0) is 13.8 Å². The molecule has 286 valence electrons. The van der Waals surface area contributed by atoms with Crippen molar-refractivity contribution in [2.24, 2.45) is 0 Å². The number of aliphatic hydroxyl groups excluding tert-OH is 11. The van der Waals surface area contributed by atoms with Crippen molar-refractivity contribution in [2.75, 3.05) is 26.9 Å². The molecule has 0 aromatic heterocycles. The summed E-state index contributed by atoms with van der Waals surface area (Å²) >= 11 is 0. The Kier molecular flexibility index (Phi) is 13.2. The molecule has 0 aliphatic carbocycles. The Balaban J connectivity index is 1.35. The second-order valence-corrected chi connectivity index (χ2v) is 12.8. The van der Waals surface area contributed by atoms with E-state index < -0.39 is 148 Å². The normalized spacial score (nSPS) is 54.5. The van der Waals surface area contributed by atoms with Crippen LogP contribution in [0.5, 0.6) is 0 Å². The number of hydrogen-bond acceptors (Lipinski definition) is 21. The maximum Gasteiger partial charge on any atom is 0.187 e. The first kappa shape index (κ1) is 39.4. The highest BCUT2D eigenvalue weighted by Crippen LogP contribution is 2.35. The Morgan fingerprint density at radius 2 is 0.837 bits per heavy atom. The monoisotopic (exact) mass is 720 g/mol. The quantitative estimate of drug-likeness (QED) is 0.105. The molecule has 5 aliphatic heterocycles. The van der Waals surface area contributed by atoms with Crippen LogP contribution in [0, 0.1) is 0 Å². The molecule has 0 aromatic carbocycles. The van der Waals surface area contributed by atoms with Crippen molar-refractivity contribution in [3.63, 3.8) is 0 Å². The molecule has 11 N–H and O–H groups in total. The lowest BCUT2D eigenvalue weighted by molar-refractivity contribution is -0.393. The van der Waals surface area contributed by atoms with Gasteiger partial charge in [-0.2, -0.15) is 0 Å². The van der Waals surface area contributed by atoms with Crippen molar-refractivity contribution < 1.29 is 104 Å². The summed E-state index contributed by atoms with van der Waals surface area (Å²) in [5.41, 5.74) is 0. The van der Waals surface area contributed by atoms with Gasteiger partial charge in [0.25, 0.3) is 0 Å². The maximum absolute atomic E-state index is 11.5. The van der Waals surface area contributed by atoms with E-state index in [1.807, 2.05) is 0 Å². The SMILES string of the molecule is CO[C@@H]1OC[C@H](O)[C@H](O)[C@H]1O[C@@H]1O[C@@H](C)[C@H](O[C@@H]2OC[C@@H](O)[C@H](O[C@@H]3O[C@@H](C)[C@H](O)[C@@H](O)[C@H]3O)[C@H]2O)[C@@H](O[C@@H]2OC[C@@H](O)[C@H](O)[C@H]2O)[C@H]1O. The van der Waals surface area contributed by atoms with Gasteiger partial charge in [0.1, 0.15) is 91.6 Å². The van der Waals surface area contributed by atoms with Crippen molar-refractivity contribution in [1.82, 2.24) is 0 Å². The van der Waals surface area contributed by atoms with Crippen LogP contribution in [0.25, 0.3) is 0 Å². The van der Waals surface area contributed by atoms with E-state index in [1.165, 1.54) is 21.0 Å². The summed E-state index contributed by atoms with van der Waals surface area (Å²) in [5, 5.41) is 115. The molecule has 5 aliphatic rings. The van der Waals surface area contributed by atoms with Crippen LogP contribution in [0.15, 0.2) is 0 Å². The van der Waals surface area contributed by atoms with Crippen LogP contribution in [0.4, 0.5) is 0 Å². The van der Waals surface area contributed by atoms with Crippen molar-refractivity contribution in [3.8, 4) is 0 Å². The van der Waals surface area contributed by atoms with Gasteiger partial charge in [0.15, 0.2) is 31.5 Å². The van der Waals surface area contributed by atoms with Gasteiger partial charge < -0.3 is 104 Å². The minimum Gasteiger partial charge on any atom is -0.388 e. The van der Waals surface area contributed by atoms with E-state index in [4.69, 9.17) is 47.4 Å². The Labute approximate surface area is 279 Å². The molecule has 0 bridgehead atoms. The number of ether oxygens (including phenoxy) is 10. The van der Waals surface area contributed by atoms with Gasteiger partial charge in [-0.25, -0.2) is 0 Å². The predicted octanol–water partition coefficient (Wildman–Crippen LogP) is -7.30. The van der Waals surface area contributed by atoms with Crippen LogP contribution in [0.2, 0.25) is 0 Å². The summed E-state index contributed by atoms with van der Waals surface area (Å²) in [4.78, 5) is 0. The Bertz CT molecular complexity index is 1040. The first-order valence-electron chi connectivity index (χ1n) is 15.9. The van der Waals surface area contributed by atoms with Gasteiger partial charge in [0.2, 0.25) is 0 Å². The average molecular weight is 721 g/mol. The fourth-order valence-corrected chi connectivity index (χ4v) is 6.26. The van der Waals surface area contributed by atoms with E-state index >= 15 is 0 Å². The zero-order valence-electron chi connectivity index (χ0n) is 26.8. The zero-order valence-corrected chi connectivity index (χ0v) is 26.8. The molecule has 5 heterocycles. The van der Waals surface area contributed by atoms with Crippen molar-refractivity contribution >= 4 is 0 Å². The van der Waals surface area contributed by atoms with Crippen molar-refractivity contribution in [2.45, 2.75) is 149 Å². The lowest BCUT2D eigenvalue weighted by Crippen LogP contribution is -2.66. The minimum atomic E-state index is -1.84. The number of hydrogen-bond donors (Lipinski definition) is 11. The highest BCUT2D eigenvalue weighted by Gasteiger charge is 2.54. The topological polar surface area (TPSA) is 315 Å². The lowest BCUT2D eigenvalue weighted by Gasteiger charge is -2.49. The largest absolute Gasteiger partial charge is 0.388 e. The van der Waals surface area contributed by atoms with E-state index in [9.17, 15) is 56.2 Å². The number of aliphatic hydroxyl groups is 11. The molecule has 5 saturated heterocycles. The van der Waals surface area contributed by atoms with Crippen LogP contribution in [0.3, 0.4) is 0 Å². The second kappa shape index (κ2) is 16.4. The fourth-order valence-electron chi connectivity index (χ4n) is 6.26. The standard InChI is InChI=1S/C28H48O21/c1-7-12(32)15(35)17(37)26(44-7)47-21-11(31)6-42-25(18(21)38)46-20-8(2)45-27(49-23-14(34)10(30)5-43-28(23)40-3)19(39)22(20)48-24-16(36)13(33)9(29)4-41-24/h7-39H,4-6H2,1-3H3/t7-,8-,9+,10-,11+,12-,13-,14-,15+,16+,17+,18+,19+,20-,21-,22-,23+,24-,25-,26-,27-,28+/m0/s1. The summed E-state index contributed by atoms with van der Waals surface area (Å²) in [6.07, 6.45) is -33.6. The smallest absolute Gasteiger partial charge is 0.187 e. The molecule has 0 radical (unpaired) electrons. The molecule has 0 unspecified atom stereocenters. The highest BCUT2D eigenvalue weighted by molar-refractivity contribution is 4.96. The highest BCUT2D eigenvalue weighted by atomic mass is 16.8. The lowest BCUT2D eigenvalue weighted by atomic mass is 9.97. The van der Waals surface area contributed by atoms with Gasteiger partial charge in [-0.1, -0.05) is 0 Å².